The van der Waals surface area contributed by atoms with Crippen LogP contribution in [0.25, 0.3) is 0 Å². The SMILES string of the molecule is Cc1cnc(C(C)NC(=O)c2cc(S)ccc2F)o1. The highest BCUT2D eigenvalue weighted by atomic mass is 32.1. The van der Waals surface area contributed by atoms with Crippen molar-refractivity contribution < 1.29 is 13.6 Å². The Labute approximate surface area is 115 Å². The van der Waals surface area contributed by atoms with Gasteiger partial charge >= 0.3 is 0 Å². The second-order valence-corrected chi connectivity index (χ2v) is 4.68. The quantitative estimate of drug-likeness (QED) is 0.850. The minimum absolute atomic E-state index is 0.0531. The highest BCUT2D eigenvalue weighted by molar-refractivity contribution is 7.80. The summed E-state index contributed by atoms with van der Waals surface area (Å²) in [4.78, 5) is 16.5. The first kappa shape index (κ1) is 13.6. The average molecular weight is 280 g/mol. The Morgan fingerprint density at radius 3 is 2.89 bits per heavy atom. The predicted molar refractivity (Wildman–Crippen MR) is 70.8 cm³/mol. The first-order valence-corrected chi connectivity index (χ1v) is 6.14. The molecule has 4 nitrogen and oxygen atoms in total. The van der Waals surface area contributed by atoms with Crippen LogP contribution in [-0.2, 0) is 0 Å². The Balaban J connectivity index is 2.15. The van der Waals surface area contributed by atoms with E-state index in [1.807, 2.05) is 0 Å². The summed E-state index contributed by atoms with van der Waals surface area (Å²) in [5.41, 5.74) is -0.0531. The van der Waals surface area contributed by atoms with Crippen LogP contribution >= 0.6 is 12.6 Å². The number of halogens is 1. The Hall–Kier alpha value is -1.82. The number of nitrogens with one attached hydrogen (secondary N) is 1. The van der Waals surface area contributed by atoms with Crippen molar-refractivity contribution in [1.29, 1.82) is 0 Å². The molecule has 2 rings (SSSR count). The maximum Gasteiger partial charge on any atom is 0.254 e. The maximum atomic E-state index is 13.5. The average Bonchev–Trinajstić information content (AvgIpc) is 2.79. The van der Waals surface area contributed by atoms with Gasteiger partial charge in [-0.1, -0.05) is 0 Å². The number of hydrogen-bond donors (Lipinski definition) is 2. The molecule has 6 heteroatoms. The molecule has 100 valence electrons. The van der Waals surface area contributed by atoms with Crippen molar-refractivity contribution >= 4 is 18.5 Å². The summed E-state index contributed by atoms with van der Waals surface area (Å²) in [7, 11) is 0. The smallest absolute Gasteiger partial charge is 0.254 e. The molecular weight excluding hydrogens is 267 g/mol. The third kappa shape index (κ3) is 3.14. The van der Waals surface area contributed by atoms with E-state index in [2.05, 4.69) is 22.9 Å². The number of nitrogens with zero attached hydrogens (tertiary/aromatic N) is 1. The van der Waals surface area contributed by atoms with Gasteiger partial charge in [0.25, 0.3) is 5.91 Å². The number of oxazole rings is 1. The second-order valence-electron chi connectivity index (χ2n) is 4.17. The number of hydrogen-bond acceptors (Lipinski definition) is 4. The van der Waals surface area contributed by atoms with Crippen molar-refractivity contribution in [2.75, 3.05) is 0 Å². The molecule has 0 bridgehead atoms. The Kier molecular flexibility index (Phi) is 3.90. The van der Waals surface area contributed by atoms with Gasteiger partial charge in [-0.05, 0) is 32.0 Å². The molecule has 19 heavy (non-hydrogen) atoms. The van der Waals surface area contributed by atoms with Gasteiger partial charge in [-0.2, -0.15) is 0 Å². The first-order chi connectivity index (χ1) is 8.97. The lowest BCUT2D eigenvalue weighted by molar-refractivity contribution is 0.0929. The number of thiol groups is 1. The zero-order chi connectivity index (χ0) is 14.0. The minimum Gasteiger partial charge on any atom is -0.444 e. The fourth-order valence-corrected chi connectivity index (χ4v) is 1.80. The van der Waals surface area contributed by atoms with Crippen LogP contribution in [0.4, 0.5) is 4.39 Å². The van der Waals surface area contributed by atoms with E-state index < -0.39 is 17.8 Å². The highest BCUT2D eigenvalue weighted by Crippen LogP contribution is 2.16. The van der Waals surface area contributed by atoms with Crippen LogP contribution in [0, 0.1) is 12.7 Å². The molecule has 0 aliphatic rings. The molecule has 0 saturated heterocycles. The highest BCUT2D eigenvalue weighted by Gasteiger charge is 2.18. The molecule has 1 heterocycles. The van der Waals surface area contributed by atoms with Gasteiger partial charge in [-0.15, -0.1) is 12.6 Å². The molecule has 1 unspecified atom stereocenters. The molecule has 0 fully saturated rings. The summed E-state index contributed by atoms with van der Waals surface area (Å²) in [6.45, 7) is 3.47. The van der Waals surface area contributed by atoms with Gasteiger partial charge in [0, 0.05) is 4.90 Å². The Morgan fingerprint density at radius 2 is 2.26 bits per heavy atom. The predicted octanol–water partition coefficient (Wildman–Crippen LogP) is 2.90. The van der Waals surface area contributed by atoms with Crippen LogP contribution in [0.3, 0.4) is 0 Å². The van der Waals surface area contributed by atoms with Gasteiger partial charge in [-0.25, -0.2) is 9.37 Å². The zero-order valence-corrected chi connectivity index (χ0v) is 11.4. The molecule has 1 N–H and O–H groups in total. The van der Waals surface area contributed by atoms with Crippen molar-refractivity contribution in [2.24, 2.45) is 0 Å². The number of aromatic nitrogens is 1. The van der Waals surface area contributed by atoms with Crippen LogP contribution in [0.1, 0.15) is 35.0 Å². The number of amides is 1. The lowest BCUT2D eigenvalue weighted by Gasteiger charge is -2.11. The lowest BCUT2D eigenvalue weighted by atomic mass is 10.2. The second kappa shape index (κ2) is 5.44. The van der Waals surface area contributed by atoms with Crippen LogP contribution in [0.15, 0.2) is 33.7 Å². The van der Waals surface area contributed by atoms with Crippen LogP contribution in [0.5, 0.6) is 0 Å². The van der Waals surface area contributed by atoms with Gasteiger partial charge in [0.2, 0.25) is 5.89 Å². The molecule has 1 atom stereocenters. The van der Waals surface area contributed by atoms with Crippen molar-refractivity contribution in [2.45, 2.75) is 24.8 Å². The van der Waals surface area contributed by atoms with Crippen molar-refractivity contribution in [1.82, 2.24) is 10.3 Å². The number of carbonyl (C=O) groups excluding carboxylic acids is 1. The van der Waals surface area contributed by atoms with Crippen molar-refractivity contribution in [3.8, 4) is 0 Å². The first-order valence-electron chi connectivity index (χ1n) is 5.69. The Morgan fingerprint density at radius 1 is 1.53 bits per heavy atom. The minimum atomic E-state index is -0.592. The largest absolute Gasteiger partial charge is 0.444 e. The summed E-state index contributed by atoms with van der Waals surface area (Å²) >= 11 is 4.08. The summed E-state index contributed by atoms with van der Waals surface area (Å²) < 4.78 is 18.8. The Bertz CT molecular complexity index is 612. The van der Waals surface area contributed by atoms with E-state index in [4.69, 9.17) is 4.42 Å². The molecular formula is C13H13FN2O2S. The molecule has 0 radical (unpaired) electrons. The number of carbonyl (C=O) groups is 1. The third-order valence-corrected chi connectivity index (χ3v) is 2.83. The van der Waals surface area contributed by atoms with Crippen LogP contribution in [0.2, 0.25) is 0 Å². The molecule has 0 aliphatic heterocycles. The summed E-state index contributed by atoms with van der Waals surface area (Å²) in [6.07, 6.45) is 1.56. The normalized spacial score (nSPS) is 12.2. The maximum absolute atomic E-state index is 13.5. The van der Waals surface area contributed by atoms with Gasteiger partial charge < -0.3 is 9.73 Å². The molecule has 1 aromatic carbocycles. The monoisotopic (exact) mass is 280 g/mol. The van der Waals surface area contributed by atoms with E-state index in [1.165, 1.54) is 18.2 Å². The van der Waals surface area contributed by atoms with Crippen LogP contribution in [-0.4, -0.2) is 10.9 Å². The molecule has 0 spiro atoms. The third-order valence-electron chi connectivity index (χ3n) is 2.55. The fourth-order valence-electron chi connectivity index (χ4n) is 1.60. The van der Waals surface area contributed by atoms with Crippen LogP contribution < -0.4 is 5.32 Å². The van der Waals surface area contributed by atoms with Crippen molar-refractivity contribution in [3.05, 3.63) is 47.4 Å². The summed E-state index contributed by atoms with van der Waals surface area (Å²) in [5, 5.41) is 2.62. The number of benzene rings is 1. The molecule has 2 aromatic rings. The molecule has 1 aromatic heterocycles. The lowest BCUT2D eigenvalue weighted by Crippen LogP contribution is -2.27. The fraction of sp³-hybridized carbons (Fsp3) is 0.231. The van der Waals surface area contributed by atoms with Gasteiger partial charge in [0.05, 0.1) is 11.8 Å². The number of aryl methyl sites for hydroxylation is 1. The van der Waals surface area contributed by atoms with E-state index in [9.17, 15) is 9.18 Å². The van der Waals surface area contributed by atoms with E-state index in [-0.39, 0.29) is 5.56 Å². The van der Waals surface area contributed by atoms with E-state index in [0.29, 0.717) is 16.5 Å². The summed E-state index contributed by atoms with van der Waals surface area (Å²) in [5.74, 6) is -0.0873. The van der Waals surface area contributed by atoms with Gasteiger partial charge in [-0.3, -0.25) is 4.79 Å². The zero-order valence-electron chi connectivity index (χ0n) is 10.5. The van der Waals surface area contributed by atoms with E-state index >= 15 is 0 Å². The molecule has 1 amide bonds. The summed E-state index contributed by atoms with van der Waals surface area (Å²) in [6, 6.07) is 3.62. The topological polar surface area (TPSA) is 55.1 Å². The molecule has 0 aliphatic carbocycles. The standard InChI is InChI=1S/C13H13FN2O2S/c1-7-6-15-13(18-7)8(2)16-12(17)10-5-9(19)3-4-11(10)14/h3-6,8,19H,1-2H3,(H,16,17). The van der Waals surface area contributed by atoms with E-state index in [1.54, 1.807) is 20.0 Å². The van der Waals surface area contributed by atoms with E-state index in [0.717, 1.165) is 0 Å². The number of rotatable bonds is 3. The van der Waals surface area contributed by atoms with Gasteiger partial charge in [0.1, 0.15) is 17.6 Å². The molecule has 0 saturated carbocycles. The van der Waals surface area contributed by atoms with Crippen molar-refractivity contribution in [3.63, 3.8) is 0 Å². The van der Waals surface area contributed by atoms with Gasteiger partial charge in [0.15, 0.2) is 0 Å².